The topological polar surface area (TPSA) is 137 Å². The van der Waals surface area contributed by atoms with Gasteiger partial charge in [-0.25, -0.2) is 4.79 Å². The summed E-state index contributed by atoms with van der Waals surface area (Å²) in [5.74, 6) is -3.32. The molecule has 13 heteroatoms. The molecule has 0 bridgehead atoms. The van der Waals surface area contributed by atoms with E-state index in [1.54, 1.807) is 13.8 Å². The Bertz CT molecular complexity index is 1080. The summed E-state index contributed by atoms with van der Waals surface area (Å²) < 4.78 is 34.2. The highest BCUT2D eigenvalue weighted by Gasteiger charge is 2.28. The first-order valence-electron chi connectivity index (χ1n) is 9.74. The summed E-state index contributed by atoms with van der Waals surface area (Å²) in [6, 6.07) is 7.65. The summed E-state index contributed by atoms with van der Waals surface area (Å²) in [5, 5.41) is 15.6. The van der Waals surface area contributed by atoms with E-state index in [2.05, 4.69) is 15.4 Å². The van der Waals surface area contributed by atoms with Gasteiger partial charge in [0.15, 0.2) is 6.61 Å². The standard InChI is InChI=1S/C21H20ClF2N3O7/c1-11(2)18(26-19(29)12-7-8-13(22)15(9-12)27(31)32)20(30)33-10-17(28)25-14-5-3-4-6-16(14)34-21(23)24/h3-9,11,18,21H,10H2,1-2H3,(H,25,28)(H,26,29). The van der Waals surface area contributed by atoms with E-state index in [-0.39, 0.29) is 22.0 Å². The van der Waals surface area contributed by atoms with E-state index in [0.29, 0.717) is 0 Å². The third-order valence-corrected chi connectivity index (χ3v) is 4.65. The number of hydrogen-bond acceptors (Lipinski definition) is 7. The summed E-state index contributed by atoms with van der Waals surface area (Å²) in [4.78, 5) is 47.4. The molecule has 0 aliphatic carbocycles. The molecule has 34 heavy (non-hydrogen) atoms. The van der Waals surface area contributed by atoms with Crippen LogP contribution in [0.3, 0.4) is 0 Å². The normalized spacial score (nSPS) is 11.6. The Balaban J connectivity index is 2.02. The van der Waals surface area contributed by atoms with Crippen molar-refractivity contribution >= 4 is 40.8 Å². The number of nitro groups is 1. The number of para-hydroxylation sites is 2. The van der Waals surface area contributed by atoms with Gasteiger partial charge in [-0.3, -0.25) is 19.7 Å². The van der Waals surface area contributed by atoms with Crippen molar-refractivity contribution < 1.29 is 37.6 Å². The first kappa shape index (κ1) is 26.5. The maximum atomic E-state index is 12.5. The number of hydrogen-bond donors (Lipinski definition) is 2. The largest absolute Gasteiger partial charge is 0.454 e. The van der Waals surface area contributed by atoms with Gasteiger partial charge in [-0.2, -0.15) is 8.78 Å². The van der Waals surface area contributed by atoms with Crippen LogP contribution in [0.2, 0.25) is 5.02 Å². The summed E-state index contributed by atoms with van der Waals surface area (Å²) in [6.07, 6.45) is 0. The van der Waals surface area contributed by atoms with Crippen molar-refractivity contribution in [3.05, 3.63) is 63.2 Å². The first-order chi connectivity index (χ1) is 16.0. The monoisotopic (exact) mass is 499 g/mol. The lowest BCUT2D eigenvalue weighted by atomic mass is 10.0. The number of rotatable bonds is 10. The number of ether oxygens (including phenoxy) is 2. The summed E-state index contributed by atoms with van der Waals surface area (Å²) >= 11 is 5.74. The zero-order valence-corrected chi connectivity index (χ0v) is 18.7. The number of amides is 2. The molecule has 2 aromatic carbocycles. The predicted molar refractivity (Wildman–Crippen MR) is 117 cm³/mol. The van der Waals surface area contributed by atoms with Gasteiger partial charge < -0.3 is 20.1 Å². The second-order valence-electron chi connectivity index (χ2n) is 7.15. The Labute approximate surface area is 197 Å². The van der Waals surface area contributed by atoms with E-state index in [0.717, 1.165) is 6.07 Å². The molecule has 0 aliphatic rings. The van der Waals surface area contributed by atoms with Gasteiger partial charge in [0.05, 0.1) is 10.6 Å². The quantitative estimate of drug-likeness (QED) is 0.288. The van der Waals surface area contributed by atoms with Gasteiger partial charge in [-0.05, 0) is 30.2 Å². The fourth-order valence-electron chi connectivity index (χ4n) is 2.70. The minimum Gasteiger partial charge on any atom is -0.454 e. The van der Waals surface area contributed by atoms with Gasteiger partial charge in [-0.1, -0.05) is 37.6 Å². The summed E-state index contributed by atoms with van der Waals surface area (Å²) in [6.45, 7) is -0.663. The Hall–Kier alpha value is -3.80. The molecule has 1 atom stereocenters. The lowest BCUT2D eigenvalue weighted by Crippen LogP contribution is -2.46. The van der Waals surface area contributed by atoms with Crippen LogP contribution in [0.4, 0.5) is 20.2 Å². The van der Waals surface area contributed by atoms with Crippen LogP contribution in [0, 0.1) is 16.0 Å². The number of benzene rings is 2. The smallest absolute Gasteiger partial charge is 0.387 e. The average Bonchev–Trinajstić information content (AvgIpc) is 2.76. The highest BCUT2D eigenvalue weighted by Crippen LogP contribution is 2.26. The fraction of sp³-hybridized carbons (Fsp3) is 0.286. The molecule has 2 aromatic rings. The van der Waals surface area contributed by atoms with Crippen LogP contribution in [0.25, 0.3) is 0 Å². The molecule has 0 fully saturated rings. The van der Waals surface area contributed by atoms with Crippen molar-refractivity contribution in [2.45, 2.75) is 26.5 Å². The summed E-state index contributed by atoms with van der Waals surface area (Å²) in [5.41, 5.74) is -0.643. The van der Waals surface area contributed by atoms with Gasteiger partial charge in [0.25, 0.3) is 17.5 Å². The molecular formula is C21H20ClF2N3O7. The van der Waals surface area contributed by atoms with Crippen LogP contribution in [-0.2, 0) is 14.3 Å². The minimum atomic E-state index is -3.10. The predicted octanol–water partition coefficient (Wildman–Crippen LogP) is 3.79. The van der Waals surface area contributed by atoms with Crippen molar-refractivity contribution in [2.75, 3.05) is 11.9 Å². The Kier molecular flexibility index (Phi) is 9.25. The number of carbonyl (C=O) groups excluding carboxylic acids is 3. The maximum absolute atomic E-state index is 12.5. The van der Waals surface area contributed by atoms with Crippen molar-refractivity contribution in [1.82, 2.24) is 5.32 Å². The molecule has 0 spiro atoms. The van der Waals surface area contributed by atoms with E-state index in [1.807, 2.05) is 0 Å². The molecule has 0 aliphatic heterocycles. The van der Waals surface area contributed by atoms with E-state index in [9.17, 15) is 33.3 Å². The SMILES string of the molecule is CC(C)C(NC(=O)c1ccc(Cl)c([N+](=O)[O-])c1)C(=O)OCC(=O)Nc1ccccc1OC(F)F. The third-order valence-electron chi connectivity index (χ3n) is 4.33. The molecule has 2 N–H and O–H groups in total. The molecule has 0 saturated heterocycles. The van der Waals surface area contributed by atoms with E-state index in [4.69, 9.17) is 16.3 Å². The van der Waals surface area contributed by atoms with E-state index in [1.165, 1.54) is 36.4 Å². The number of nitro benzene ring substituents is 1. The van der Waals surface area contributed by atoms with Crippen LogP contribution < -0.4 is 15.4 Å². The zero-order valence-electron chi connectivity index (χ0n) is 17.9. The number of nitrogens with one attached hydrogen (secondary N) is 2. The number of esters is 1. The molecule has 2 amide bonds. The van der Waals surface area contributed by atoms with Crippen molar-refractivity contribution in [3.8, 4) is 5.75 Å². The molecular weight excluding hydrogens is 480 g/mol. The highest BCUT2D eigenvalue weighted by molar-refractivity contribution is 6.32. The minimum absolute atomic E-state index is 0.0538. The summed E-state index contributed by atoms with van der Waals surface area (Å²) in [7, 11) is 0. The van der Waals surface area contributed by atoms with Gasteiger partial charge in [0, 0.05) is 11.6 Å². The molecule has 1 unspecified atom stereocenters. The Morgan fingerprint density at radius 2 is 1.82 bits per heavy atom. The second-order valence-corrected chi connectivity index (χ2v) is 7.56. The maximum Gasteiger partial charge on any atom is 0.387 e. The Morgan fingerprint density at radius 3 is 2.44 bits per heavy atom. The number of nitrogens with zero attached hydrogens (tertiary/aromatic N) is 1. The van der Waals surface area contributed by atoms with Crippen molar-refractivity contribution in [1.29, 1.82) is 0 Å². The van der Waals surface area contributed by atoms with Crippen LogP contribution in [0.5, 0.6) is 5.75 Å². The molecule has 0 radical (unpaired) electrons. The van der Waals surface area contributed by atoms with Crippen LogP contribution in [0.15, 0.2) is 42.5 Å². The van der Waals surface area contributed by atoms with Crippen LogP contribution in [0.1, 0.15) is 24.2 Å². The van der Waals surface area contributed by atoms with Crippen LogP contribution in [-0.4, -0.2) is 42.0 Å². The average molecular weight is 500 g/mol. The van der Waals surface area contributed by atoms with Gasteiger partial charge >= 0.3 is 12.6 Å². The zero-order chi connectivity index (χ0) is 25.4. The van der Waals surface area contributed by atoms with Gasteiger partial charge in [0.2, 0.25) is 0 Å². The van der Waals surface area contributed by atoms with Crippen molar-refractivity contribution in [3.63, 3.8) is 0 Å². The lowest BCUT2D eigenvalue weighted by molar-refractivity contribution is -0.384. The number of anilines is 1. The molecule has 0 aromatic heterocycles. The molecule has 10 nitrogen and oxygen atoms in total. The highest BCUT2D eigenvalue weighted by atomic mass is 35.5. The van der Waals surface area contributed by atoms with Crippen LogP contribution >= 0.6 is 11.6 Å². The number of alkyl halides is 2. The van der Waals surface area contributed by atoms with Gasteiger partial charge in [-0.15, -0.1) is 0 Å². The second kappa shape index (κ2) is 11.9. The van der Waals surface area contributed by atoms with E-state index >= 15 is 0 Å². The number of halogens is 3. The Morgan fingerprint density at radius 1 is 1.15 bits per heavy atom. The molecule has 0 saturated carbocycles. The number of carbonyl (C=O) groups is 3. The molecule has 0 heterocycles. The third kappa shape index (κ3) is 7.37. The van der Waals surface area contributed by atoms with Gasteiger partial charge in [0.1, 0.15) is 16.8 Å². The first-order valence-corrected chi connectivity index (χ1v) is 10.1. The fourth-order valence-corrected chi connectivity index (χ4v) is 2.88. The molecule has 2 rings (SSSR count). The van der Waals surface area contributed by atoms with E-state index < -0.39 is 53.6 Å². The molecule has 182 valence electrons. The van der Waals surface area contributed by atoms with Crippen molar-refractivity contribution in [2.24, 2.45) is 5.92 Å². The lowest BCUT2D eigenvalue weighted by Gasteiger charge is -2.21.